The topological polar surface area (TPSA) is 102 Å². The van der Waals surface area contributed by atoms with Gasteiger partial charge in [-0.2, -0.15) is 0 Å². The van der Waals surface area contributed by atoms with Gasteiger partial charge in [0.1, 0.15) is 0 Å². The molecule has 0 N–H and O–H groups in total. The predicted octanol–water partition coefficient (Wildman–Crippen LogP) is 9.53. The van der Waals surface area contributed by atoms with Gasteiger partial charge < -0.3 is 4.57 Å². The Balaban J connectivity index is 1.95. The van der Waals surface area contributed by atoms with E-state index in [9.17, 15) is 5.53 Å². The second kappa shape index (κ2) is 11.1. The van der Waals surface area contributed by atoms with Gasteiger partial charge in [0.25, 0.3) is 0 Å². The van der Waals surface area contributed by atoms with Crippen molar-refractivity contribution in [2.24, 2.45) is 23.2 Å². The van der Waals surface area contributed by atoms with Crippen molar-refractivity contribution in [3.05, 3.63) is 80.2 Å². The third-order valence-electron chi connectivity index (χ3n) is 7.32. The number of aromatic nitrogens is 1. The lowest BCUT2D eigenvalue weighted by atomic mass is 9.81. The highest BCUT2D eigenvalue weighted by Gasteiger charge is 2.28. The highest BCUT2D eigenvalue weighted by Crippen LogP contribution is 2.39. The Morgan fingerprint density at radius 2 is 1.72 bits per heavy atom. The van der Waals surface area contributed by atoms with E-state index in [4.69, 9.17) is 5.53 Å². The molecule has 0 saturated carbocycles. The molecular formula is C29H39N7. The van der Waals surface area contributed by atoms with E-state index in [2.05, 4.69) is 102 Å². The van der Waals surface area contributed by atoms with E-state index in [0.29, 0.717) is 5.92 Å². The Labute approximate surface area is 214 Å². The Kier molecular flexibility index (Phi) is 8.39. The first-order valence-corrected chi connectivity index (χ1v) is 12.8. The third kappa shape index (κ3) is 6.04. The summed E-state index contributed by atoms with van der Waals surface area (Å²) in [6, 6.07) is 13.0. The van der Waals surface area contributed by atoms with Crippen molar-refractivity contribution < 1.29 is 0 Å². The van der Waals surface area contributed by atoms with Crippen molar-refractivity contribution in [1.82, 2.24) is 4.57 Å². The molecule has 7 heteroatoms. The van der Waals surface area contributed by atoms with Gasteiger partial charge in [-0.05, 0) is 90.4 Å². The zero-order valence-corrected chi connectivity index (χ0v) is 22.8. The monoisotopic (exact) mass is 485 g/mol. The standard InChI is InChI=1S/C29H39N7/c1-20(2)15-17-29(6,33-35-31)26-12-8-11-24(21(26)3)22-13-14-25-23(19-36(7)27(25)18-22)10-9-16-28(4,5)32-34-30/h8,11-14,18-20H,9-10,15-17H2,1-7H3. The Morgan fingerprint density at radius 3 is 2.39 bits per heavy atom. The smallest absolute Gasteiger partial charge is 0.0712 e. The summed E-state index contributed by atoms with van der Waals surface area (Å²) in [6.45, 7) is 12.5. The Bertz CT molecular complexity index is 1320. The van der Waals surface area contributed by atoms with Crippen LogP contribution in [0, 0.1) is 12.8 Å². The van der Waals surface area contributed by atoms with E-state index >= 15 is 0 Å². The molecule has 7 nitrogen and oxygen atoms in total. The summed E-state index contributed by atoms with van der Waals surface area (Å²) in [5.74, 6) is 0.542. The van der Waals surface area contributed by atoms with Crippen molar-refractivity contribution in [3.8, 4) is 11.1 Å². The van der Waals surface area contributed by atoms with E-state index in [1.54, 1.807) is 0 Å². The quantitative estimate of drug-likeness (QED) is 0.147. The molecule has 36 heavy (non-hydrogen) atoms. The zero-order chi connectivity index (χ0) is 26.5. The molecule has 0 radical (unpaired) electrons. The SMILES string of the molecule is Cc1c(-c2ccc3c(CCCC(C)(C)N=[N+]=[N-])cn(C)c3c2)cccc1C(C)(CCC(C)C)N=[N+]=[N-]. The fourth-order valence-electron chi connectivity index (χ4n) is 5.16. The highest BCUT2D eigenvalue weighted by molar-refractivity contribution is 5.89. The van der Waals surface area contributed by atoms with Crippen LogP contribution < -0.4 is 0 Å². The van der Waals surface area contributed by atoms with Crippen molar-refractivity contribution in [2.45, 2.75) is 84.7 Å². The van der Waals surface area contributed by atoms with Crippen LogP contribution in [0.1, 0.15) is 77.0 Å². The molecule has 3 rings (SSSR count). The first-order valence-electron chi connectivity index (χ1n) is 12.8. The summed E-state index contributed by atoms with van der Waals surface area (Å²) >= 11 is 0. The first kappa shape index (κ1) is 27.2. The van der Waals surface area contributed by atoms with Crippen LogP contribution >= 0.6 is 0 Å². The average Bonchev–Trinajstić information content (AvgIpc) is 3.12. The van der Waals surface area contributed by atoms with E-state index in [0.717, 1.165) is 54.4 Å². The van der Waals surface area contributed by atoms with Gasteiger partial charge in [-0.3, -0.25) is 0 Å². The molecule has 1 aromatic heterocycles. The van der Waals surface area contributed by atoms with Gasteiger partial charge in [0, 0.05) is 39.5 Å². The minimum atomic E-state index is -0.579. The maximum Gasteiger partial charge on any atom is 0.0712 e. The van der Waals surface area contributed by atoms with Gasteiger partial charge >= 0.3 is 0 Å². The van der Waals surface area contributed by atoms with Gasteiger partial charge in [-0.15, -0.1) is 0 Å². The first-order chi connectivity index (χ1) is 17.0. The van der Waals surface area contributed by atoms with Gasteiger partial charge in [-0.25, -0.2) is 0 Å². The molecule has 0 bridgehead atoms. The number of rotatable bonds is 11. The summed E-state index contributed by atoms with van der Waals surface area (Å²) < 4.78 is 2.19. The summed E-state index contributed by atoms with van der Waals surface area (Å²) in [4.78, 5) is 6.19. The van der Waals surface area contributed by atoms with Crippen LogP contribution in [0.25, 0.3) is 42.9 Å². The molecule has 1 unspecified atom stereocenters. The summed E-state index contributed by atoms with van der Waals surface area (Å²) in [7, 11) is 2.09. The van der Waals surface area contributed by atoms with E-state index < -0.39 is 5.54 Å². The van der Waals surface area contributed by atoms with E-state index in [-0.39, 0.29) is 5.54 Å². The lowest BCUT2D eigenvalue weighted by Crippen LogP contribution is -2.21. The van der Waals surface area contributed by atoms with Crippen LogP contribution in [0.5, 0.6) is 0 Å². The number of hydrogen-bond acceptors (Lipinski definition) is 2. The minimum Gasteiger partial charge on any atom is -0.350 e. The summed E-state index contributed by atoms with van der Waals surface area (Å²) in [5, 5.41) is 9.44. The molecule has 1 atom stereocenters. The largest absolute Gasteiger partial charge is 0.350 e. The average molecular weight is 486 g/mol. The van der Waals surface area contributed by atoms with Gasteiger partial charge in [0.2, 0.25) is 0 Å². The molecule has 3 aromatic rings. The lowest BCUT2D eigenvalue weighted by molar-refractivity contribution is 0.394. The normalized spacial score (nSPS) is 13.3. The molecule has 1 heterocycles. The fourth-order valence-corrected chi connectivity index (χ4v) is 5.16. The summed E-state index contributed by atoms with van der Waals surface area (Å²) in [5.41, 5.74) is 24.2. The predicted molar refractivity (Wildman–Crippen MR) is 150 cm³/mol. The Morgan fingerprint density at radius 1 is 1.00 bits per heavy atom. The molecule has 0 fully saturated rings. The highest BCUT2D eigenvalue weighted by atomic mass is 15.2. The number of hydrogen-bond donors (Lipinski definition) is 0. The van der Waals surface area contributed by atoms with Gasteiger partial charge in [0.15, 0.2) is 0 Å². The molecule has 0 spiro atoms. The molecule has 0 aliphatic carbocycles. The van der Waals surface area contributed by atoms with Crippen molar-refractivity contribution in [3.63, 3.8) is 0 Å². The molecule has 0 aliphatic heterocycles. The molecular weight excluding hydrogens is 446 g/mol. The van der Waals surface area contributed by atoms with Crippen LogP contribution in [-0.4, -0.2) is 10.1 Å². The van der Waals surface area contributed by atoms with Crippen LogP contribution in [0.4, 0.5) is 0 Å². The van der Waals surface area contributed by atoms with Crippen LogP contribution in [0.3, 0.4) is 0 Å². The van der Waals surface area contributed by atoms with Crippen LogP contribution in [0.2, 0.25) is 0 Å². The minimum absolute atomic E-state index is 0.367. The fraction of sp³-hybridized carbons (Fsp3) is 0.517. The Hall–Kier alpha value is -3.40. The molecule has 0 saturated heterocycles. The molecule has 0 aliphatic rings. The number of nitrogens with zero attached hydrogens (tertiary/aromatic N) is 7. The lowest BCUT2D eigenvalue weighted by Gasteiger charge is -2.28. The van der Waals surface area contributed by atoms with Crippen molar-refractivity contribution in [1.29, 1.82) is 0 Å². The summed E-state index contributed by atoms with van der Waals surface area (Å²) in [6.07, 6.45) is 6.77. The third-order valence-corrected chi connectivity index (χ3v) is 7.32. The van der Waals surface area contributed by atoms with Crippen LogP contribution in [-0.2, 0) is 19.0 Å². The second-order valence-corrected chi connectivity index (χ2v) is 11.2. The van der Waals surface area contributed by atoms with Crippen molar-refractivity contribution in [2.75, 3.05) is 0 Å². The van der Waals surface area contributed by atoms with Gasteiger partial charge in [0.05, 0.1) is 5.54 Å². The number of benzene rings is 2. The van der Waals surface area contributed by atoms with Crippen molar-refractivity contribution >= 4 is 10.9 Å². The molecule has 190 valence electrons. The number of azide groups is 2. The maximum absolute atomic E-state index is 9.32. The van der Waals surface area contributed by atoms with E-state index in [1.165, 1.54) is 16.5 Å². The maximum atomic E-state index is 9.32. The second-order valence-electron chi connectivity index (χ2n) is 11.2. The molecule has 0 amide bonds. The number of aryl methyl sites for hydroxylation is 2. The zero-order valence-electron chi connectivity index (χ0n) is 22.8. The molecule has 2 aromatic carbocycles. The van der Waals surface area contributed by atoms with Gasteiger partial charge in [-0.1, -0.05) is 74.7 Å². The van der Waals surface area contributed by atoms with Crippen LogP contribution in [0.15, 0.2) is 52.8 Å². The number of fused-ring (bicyclic) bond motifs is 1. The van der Waals surface area contributed by atoms with E-state index in [1.807, 2.05) is 13.8 Å².